The van der Waals surface area contributed by atoms with Crippen LogP contribution in [0.3, 0.4) is 0 Å². The van der Waals surface area contributed by atoms with Gasteiger partial charge in [0.05, 0.1) is 6.07 Å². The fourth-order valence-electron chi connectivity index (χ4n) is 0.919. The molecule has 0 spiro atoms. The molecule has 0 amide bonds. The molecule has 1 aliphatic rings. The highest BCUT2D eigenvalue weighted by molar-refractivity contribution is 5.26. The molecule has 1 fully saturated rings. The second kappa shape index (κ2) is 2.15. The van der Waals surface area contributed by atoms with Crippen LogP contribution in [0, 0.1) is 0 Å². The lowest BCUT2D eigenvalue weighted by molar-refractivity contribution is -0.713. The third kappa shape index (κ3) is 1.29. The molecule has 1 heterocycles. The van der Waals surface area contributed by atoms with Crippen molar-refractivity contribution in [1.82, 2.24) is 5.10 Å². The van der Waals surface area contributed by atoms with Gasteiger partial charge in [-0.2, -0.15) is 9.78 Å². The number of nitrogens with zero attached hydrogens (tertiary/aromatic N) is 1. The van der Waals surface area contributed by atoms with Gasteiger partial charge in [0, 0.05) is 0 Å². The first-order valence-electron chi connectivity index (χ1n) is 3.77. The van der Waals surface area contributed by atoms with Gasteiger partial charge in [-0.25, -0.2) is 0 Å². The van der Waals surface area contributed by atoms with Gasteiger partial charge in [-0.3, -0.25) is 5.73 Å². The molecule has 11 heavy (non-hydrogen) atoms. The summed E-state index contributed by atoms with van der Waals surface area (Å²) in [6.45, 7) is 0. The Bertz CT molecular complexity index is 245. The fraction of sp³-hybridized carbons (Fsp3) is 0.571. The fourth-order valence-corrected chi connectivity index (χ4v) is 0.919. The summed E-state index contributed by atoms with van der Waals surface area (Å²) in [5, 5.41) is 2.99. The lowest BCUT2D eigenvalue weighted by Gasteiger charge is -1.95. The number of rotatable bonds is 2. The summed E-state index contributed by atoms with van der Waals surface area (Å²) in [5.74, 6) is 1.47. The highest BCUT2D eigenvalue weighted by atomic mass is 16.5. The molecule has 0 radical (unpaired) electrons. The minimum atomic E-state index is 0.424. The van der Waals surface area contributed by atoms with Crippen molar-refractivity contribution in [3.63, 3.8) is 0 Å². The number of aryl methyl sites for hydroxylation is 1. The Morgan fingerprint density at radius 1 is 1.73 bits per heavy atom. The van der Waals surface area contributed by atoms with Crippen LogP contribution in [0.15, 0.2) is 6.07 Å². The highest BCUT2D eigenvalue weighted by Crippen LogP contribution is 2.25. The summed E-state index contributed by atoms with van der Waals surface area (Å²) < 4.78 is 7.20. The number of aromatic nitrogens is 2. The monoisotopic (exact) mass is 154 g/mol. The Hall–Kier alpha value is -1.19. The zero-order valence-corrected chi connectivity index (χ0v) is 6.50. The number of nitrogens with one attached hydrogen (secondary N) is 1. The van der Waals surface area contributed by atoms with Gasteiger partial charge in [0.2, 0.25) is 5.88 Å². The summed E-state index contributed by atoms with van der Waals surface area (Å²) in [4.78, 5) is 0. The average molecular weight is 154 g/mol. The Morgan fingerprint density at radius 2 is 2.45 bits per heavy atom. The van der Waals surface area contributed by atoms with Gasteiger partial charge in [0.1, 0.15) is 13.2 Å². The van der Waals surface area contributed by atoms with E-state index < -0.39 is 0 Å². The van der Waals surface area contributed by atoms with Crippen LogP contribution < -0.4 is 15.2 Å². The third-order valence-electron chi connectivity index (χ3n) is 1.76. The zero-order chi connectivity index (χ0) is 7.84. The van der Waals surface area contributed by atoms with E-state index in [2.05, 4.69) is 5.10 Å². The number of H-pyrrole nitrogens is 1. The first-order chi connectivity index (χ1) is 5.25. The summed E-state index contributed by atoms with van der Waals surface area (Å²) in [5.41, 5.74) is 5.59. The molecule has 0 atom stereocenters. The van der Waals surface area contributed by atoms with E-state index in [9.17, 15) is 0 Å². The minimum Gasteiger partial charge on any atom is -0.473 e. The van der Waals surface area contributed by atoms with E-state index in [0.29, 0.717) is 11.9 Å². The molecular weight excluding hydrogens is 142 g/mol. The largest absolute Gasteiger partial charge is 0.473 e. The first-order valence-corrected chi connectivity index (χ1v) is 3.77. The molecular formula is C7H12N3O+. The van der Waals surface area contributed by atoms with Crippen molar-refractivity contribution in [3.8, 4) is 5.88 Å². The predicted octanol–water partition coefficient (Wildman–Crippen LogP) is -0.0374. The number of anilines is 1. The Balaban J connectivity index is 2.11. The van der Waals surface area contributed by atoms with Crippen molar-refractivity contribution < 1.29 is 9.42 Å². The van der Waals surface area contributed by atoms with Gasteiger partial charge in [0.25, 0.3) is 5.82 Å². The molecule has 1 aromatic rings. The van der Waals surface area contributed by atoms with Crippen LogP contribution in [0.1, 0.15) is 12.8 Å². The molecule has 60 valence electrons. The molecule has 2 rings (SSSR count). The van der Waals surface area contributed by atoms with Crippen molar-refractivity contribution in [1.29, 1.82) is 0 Å². The molecule has 0 aliphatic heterocycles. The smallest absolute Gasteiger partial charge is 0.296 e. The Kier molecular flexibility index (Phi) is 1.27. The maximum absolute atomic E-state index is 5.59. The third-order valence-corrected chi connectivity index (χ3v) is 1.76. The van der Waals surface area contributed by atoms with Gasteiger partial charge in [-0.15, -0.1) is 0 Å². The average Bonchev–Trinajstić information content (AvgIpc) is 2.65. The summed E-state index contributed by atoms with van der Waals surface area (Å²) in [6, 6.07) is 1.80. The summed E-state index contributed by atoms with van der Waals surface area (Å²) >= 11 is 0. The molecule has 0 saturated heterocycles. The molecule has 4 nitrogen and oxygen atoms in total. The number of nitrogens with two attached hydrogens (primary N) is 1. The van der Waals surface area contributed by atoms with Crippen LogP contribution in [-0.2, 0) is 7.05 Å². The molecule has 1 aliphatic carbocycles. The molecule has 0 aromatic carbocycles. The van der Waals surface area contributed by atoms with Crippen LogP contribution in [0.25, 0.3) is 0 Å². The van der Waals surface area contributed by atoms with Crippen molar-refractivity contribution in [3.05, 3.63) is 6.07 Å². The van der Waals surface area contributed by atoms with Crippen molar-refractivity contribution in [2.75, 3.05) is 5.73 Å². The number of nitrogen functional groups attached to an aromatic ring is 1. The second-order valence-corrected chi connectivity index (χ2v) is 2.92. The Labute approximate surface area is 64.9 Å². The van der Waals surface area contributed by atoms with Gasteiger partial charge in [-0.1, -0.05) is 0 Å². The quantitative estimate of drug-likeness (QED) is 0.587. The van der Waals surface area contributed by atoms with Gasteiger partial charge in [-0.05, 0) is 12.8 Å². The van der Waals surface area contributed by atoms with Gasteiger partial charge >= 0.3 is 0 Å². The number of ether oxygens (including phenoxy) is 1. The van der Waals surface area contributed by atoms with Crippen molar-refractivity contribution in [2.24, 2.45) is 7.05 Å². The van der Waals surface area contributed by atoms with Crippen LogP contribution in [-0.4, -0.2) is 11.2 Å². The molecule has 4 heteroatoms. The van der Waals surface area contributed by atoms with Crippen molar-refractivity contribution >= 4 is 5.82 Å². The maximum Gasteiger partial charge on any atom is 0.296 e. The first kappa shape index (κ1) is 6.52. The van der Waals surface area contributed by atoms with E-state index in [0.717, 1.165) is 5.88 Å². The van der Waals surface area contributed by atoms with Crippen LogP contribution in [0.2, 0.25) is 0 Å². The van der Waals surface area contributed by atoms with E-state index in [1.54, 1.807) is 10.7 Å². The SMILES string of the molecule is C[n+]1[nH]c(OC2CC2)cc1N. The summed E-state index contributed by atoms with van der Waals surface area (Å²) in [7, 11) is 1.86. The Morgan fingerprint density at radius 3 is 2.91 bits per heavy atom. The minimum absolute atomic E-state index is 0.424. The number of aromatic amines is 1. The topological polar surface area (TPSA) is 54.9 Å². The van der Waals surface area contributed by atoms with Gasteiger partial charge in [0.15, 0.2) is 0 Å². The molecule has 3 N–H and O–H groups in total. The van der Waals surface area contributed by atoms with E-state index in [4.69, 9.17) is 10.5 Å². The van der Waals surface area contributed by atoms with Crippen LogP contribution in [0.5, 0.6) is 5.88 Å². The number of hydrogen-bond acceptors (Lipinski definition) is 2. The van der Waals surface area contributed by atoms with Gasteiger partial charge < -0.3 is 4.74 Å². The van der Waals surface area contributed by atoms with E-state index >= 15 is 0 Å². The van der Waals surface area contributed by atoms with E-state index in [-0.39, 0.29) is 0 Å². The highest BCUT2D eigenvalue weighted by Gasteiger charge is 2.24. The molecule has 0 unspecified atom stereocenters. The number of hydrogen-bond donors (Lipinski definition) is 2. The maximum atomic E-state index is 5.59. The normalized spacial score (nSPS) is 16.8. The second-order valence-electron chi connectivity index (χ2n) is 2.92. The molecule has 1 saturated carbocycles. The van der Waals surface area contributed by atoms with Crippen LogP contribution in [0.4, 0.5) is 5.82 Å². The zero-order valence-electron chi connectivity index (χ0n) is 6.50. The van der Waals surface area contributed by atoms with E-state index in [1.165, 1.54) is 12.8 Å². The lowest BCUT2D eigenvalue weighted by atomic mass is 10.6. The van der Waals surface area contributed by atoms with Crippen LogP contribution >= 0.6 is 0 Å². The van der Waals surface area contributed by atoms with E-state index in [1.807, 2.05) is 7.05 Å². The standard InChI is InChI=1S/C7H11N3O/c1-10-6(8)4-7(9-10)11-5-2-3-5/h4-5H,2-3H2,1H3,(H2,8,9)/p+1. The molecule has 1 aromatic heterocycles. The summed E-state index contributed by atoms with van der Waals surface area (Å²) in [6.07, 6.45) is 2.76. The van der Waals surface area contributed by atoms with Crippen molar-refractivity contribution in [2.45, 2.75) is 18.9 Å². The predicted molar refractivity (Wildman–Crippen MR) is 40.0 cm³/mol. The lowest BCUT2D eigenvalue weighted by Crippen LogP contribution is -2.32. The molecule has 0 bridgehead atoms.